The van der Waals surface area contributed by atoms with E-state index in [1.165, 1.54) is 16.8 Å². The van der Waals surface area contributed by atoms with Gasteiger partial charge in [-0.25, -0.2) is 13.9 Å². The first kappa shape index (κ1) is 20.7. The predicted molar refractivity (Wildman–Crippen MR) is 116 cm³/mol. The molecule has 0 fully saturated rings. The van der Waals surface area contributed by atoms with E-state index in [0.29, 0.717) is 31.6 Å². The lowest BCUT2D eigenvalue weighted by atomic mass is 9.95. The van der Waals surface area contributed by atoms with Gasteiger partial charge in [0.25, 0.3) is 5.91 Å². The minimum atomic E-state index is -0.304. The monoisotopic (exact) mass is 438 g/mol. The molecule has 0 bridgehead atoms. The predicted octanol–water partition coefficient (Wildman–Crippen LogP) is 1.98. The van der Waals surface area contributed by atoms with Gasteiger partial charge in [-0.2, -0.15) is 10.2 Å². The van der Waals surface area contributed by atoms with E-state index in [0.717, 1.165) is 54.7 Å². The summed E-state index contributed by atoms with van der Waals surface area (Å²) in [6.07, 6.45) is 6.05. The second-order valence-corrected chi connectivity index (χ2v) is 8.74. The maximum Gasteiger partial charge on any atom is 0.346 e. The zero-order valence-electron chi connectivity index (χ0n) is 18.2. The van der Waals surface area contributed by atoms with Gasteiger partial charge in [-0.3, -0.25) is 14.0 Å². The topological polar surface area (TPSA) is 86.7 Å². The fourth-order valence-electron chi connectivity index (χ4n) is 4.86. The first-order valence-corrected chi connectivity index (χ1v) is 11.3. The van der Waals surface area contributed by atoms with Crippen LogP contribution in [-0.4, -0.2) is 36.1 Å². The van der Waals surface area contributed by atoms with Crippen LogP contribution in [0.3, 0.4) is 0 Å². The van der Waals surface area contributed by atoms with E-state index in [-0.39, 0.29) is 23.5 Å². The number of halogens is 1. The van der Waals surface area contributed by atoms with Crippen LogP contribution in [0.25, 0.3) is 0 Å². The fourth-order valence-corrected chi connectivity index (χ4v) is 4.86. The highest BCUT2D eigenvalue weighted by Crippen LogP contribution is 2.24. The summed E-state index contributed by atoms with van der Waals surface area (Å²) in [6, 6.07) is 6.06. The Hall–Kier alpha value is -3.23. The van der Waals surface area contributed by atoms with Crippen LogP contribution in [0, 0.1) is 5.82 Å². The van der Waals surface area contributed by atoms with Gasteiger partial charge in [-0.1, -0.05) is 12.1 Å². The van der Waals surface area contributed by atoms with Gasteiger partial charge in [0, 0.05) is 31.6 Å². The van der Waals surface area contributed by atoms with Crippen molar-refractivity contribution in [3.63, 3.8) is 0 Å². The Morgan fingerprint density at radius 2 is 1.91 bits per heavy atom. The highest BCUT2D eigenvalue weighted by Gasteiger charge is 2.27. The first-order chi connectivity index (χ1) is 15.5. The fraction of sp³-hybridized carbons (Fsp3) is 0.478. The molecule has 32 heavy (non-hydrogen) atoms. The third kappa shape index (κ3) is 3.87. The van der Waals surface area contributed by atoms with Crippen LogP contribution < -0.4 is 11.0 Å². The standard InChI is InChI=1S/C23H27FN6O2/c1-28-21(18-4-2-3-5-19(18)26-28)22(31)25-17-10-11-20-27-30(23(32)29(20)13-12-17)14-15-6-8-16(24)9-7-15/h6-9,17H,2-5,10-14H2,1H3,(H,25,31). The van der Waals surface area contributed by atoms with Crippen LogP contribution in [0.5, 0.6) is 0 Å². The molecule has 1 unspecified atom stereocenters. The number of aryl methyl sites for hydroxylation is 3. The van der Waals surface area contributed by atoms with E-state index in [1.807, 2.05) is 7.05 Å². The zero-order chi connectivity index (χ0) is 22.2. The number of fused-ring (bicyclic) bond motifs is 2. The van der Waals surface area contributed by atoms with Crippen molar-refractivity contribution in [2.24, 2.45) is 7.05 Å². The summed E-state index contributed by atoms with van der Waals surface area (Å²) in [4.78, 5) is 25.9. The molecule has 2 aliphatic rings. The molecule has 0 saturated carbocycles. The number of nitrogens with one attached hydrogen (secondary N) is 1. The number of amides is 1. The summed E-state index contributed by atoms with van der Waals surface area (Å²) in [6.45, 7) is 0.816. The van der Waals surface area contributed by atoms with Crippen LogP contribution >= 0.6 is 0 Å². The van der Waals surface area contributed by atoms with Gasteiger partial charge in [0.05, 0.1) is 12.2 Å². The van der Waals surface area contributed by atoms with Crippen molar-refractivity contribution in [2.75, 3.05) is 0 Å². The number of benzene rings is 1. The summed E-state index contributed by atoms with van der Waals surface area (Å²) >= 11 is 0. The number of hydrogen-bond donors (Lipinski definition) is 1. The lowest BCUT2D eigenvalue weighted by Gasteiger charge is -2.17. The number of aromatic nitrogens is 5. The van der Waals surface area contributed by atoms with E-state index in [2.05, 4.69) is 15.5 Å². The Labute approximate surface area is 185 Å². The van der Waals surface area contributed by atoms with Crippen molar-refractivity contribution in [3.05, 3.63) is 68.9 Å². The maximum atomic E-state index is 13.1. The lowest BCUT2D eigenvalue weighted by Crippen LogP contribution is -2.37. The van der Waals surface area contributed by atoms with Crippen molar-refractivity contribution in [1.29, 1.82) is 0 Å². The van der Waals surface area contributed by atoms with Crippen LogP contribution in [0.4, 0.5) is 4.39 Å². The van der Waals surface area contributed by atoms with E-state index in [4.69, 9.17) is 0 Å². The molecular weight excluding hydrogens is 411 g/mol. The maximum absolute atomic E-state index is 13.1. The van der Waals surface area contributed by atoms with Gasteiger partial charge >= 0.3 is 5.69 Å². The second-order valence-electron chi connectivity index (χ2n) is 8.74. The Bertz CT molecular complexity index is 1210. The van der Waals surface area contributed by atoms with Crippen molar-refractivity contribution < 1.29 is 9.18 Å². The van der Waals surface area contributed by atoms with E-state index >= 15 is 0 Å². The molecule has 3 aromatic rings. The normalized spacial score (nSPS) is 18.0. The number of nitrogens with zero attached hydrogens (tertiary/aromatic N) is 5. The van der Waals surface area contributed by atoms with Crippen LogP contribution in [0.1, 0.15) is 58.8 Å². The Kier molecular flexibility index (Phi) is 5.40. The van der Waals surface area contributed by atoms with E-state index < -0.39 is 0 Å². The molecule has 0 saturated heterocycles. The third-order valence-corrected chi connectivity index (χ3v) is 6.53. The average Bonchev–Trinajstić information content (AvgIpc) is 3.18. The van der Waals surface area contributed by atoms with Gasteiger partial charge in [-0.05, 0) is 56.2 Å². The molecule has 1 aromatic carbocycles. The molecule has 1 aliphatic heterocycles. The molecule has 2 aromatic heterocycles. The van der Waals surface area contributed by atoms with Crippen molar-refractivity contribution >= 4 is 5.91 Å². The number of carbonyl (C=O) groups is 1. The first-order valence-electron chi connectivity index (χ1n) is 11.3. The molecule has 1 atom stereocenters. The molecule has 8 nitrogen and oxygen atoms in total. The van der Waals surface area contributed by atoms with E-state index in [1.54, 1.807) is 21.4 Å². The zero-order valence-corrected chi connectivity index (χ0v) is 18.2. The van der Waals surface area contributed by atoms with Gasteiger partial charge in [0.1, 0.15) is 17.3 Å². The van der Waals surface area contributed by atoms with E-state index in [9.17, 15) is 14.0 Å². The van der Waals surface area contributed by atoms with Gasteiger partial charge in [-0.15, -0.1) is 0 Å². The smallest absolute Gasteiger partial charge is 0.346 e. The number of carbonyl (C=O) groups excluding carboxylic acids is 1. The summed E-state index contributed by atoms with van der Waals surface area (Å²) in [5, 5.41) is 12.2. The average molecular weight is 439 g/mol. The van der Waals surface area contributed by atoms with Crippen LogP contribution in [-0.2, 0) is 39.4 Å². The molecular formula is C23H27FN6O2. The molecule has 1 aliphatic carbocycles. The Balaban J connectivity index is 1.27. The molecule has 0 radical (unpaired) electrons. The SMILES string of the molecule is Cn1nc2c(c1C(=O)NC1CCc3nn(Cc4ccc(F)cc4)c(=O)n3CC1)CCCC2. The van der Waals surface area contributed by atoms with Crippen LogP contribution in [0.15, 0.2) is 29.1 Å². The lowest BCUT2D eigenvalue weighted by molar-refractivity contribution is 0.0922. The van der Waals surface area contributed by atoms with Crippen LogP contribution in [0.2, 0.25) is 0 Å². The number of rotatable bonds is 4. The highest BCUT2D eigenvalue weighted by molar-refractivity contribution is 5.94. The quantitative estimate of drug-likeness (QED) is 0.675. The summed E-state index contributed by atoms with van der Waals surface area (Å²) < 4.78 is 18.0. The van der Waals surface area contributed by atoms with Gasteiger partial charge in [0.15, 0.2) is 0 Å². The highest BCUT2D eigenvalue weighted by atomic mass is 19.1. The summed E-state index contributed by atoms with van der Waals surface area (Å²) in [5.74, 6) is 0.342. The third-order valence-electron chi connectivity index (χ3n) is 6.53. The minimum absolute atomic E-state index is 0.0247. The molecule has 3 heterocycles. The van der Waals surface area contributed by atoms with Crippen molar-refractivity contribution in [3.8, 4) is 0 Å². The molecule has 0 spiro atoms. The molecule has 1 amide bonds. The molecule has 168 valence electrons. The number of hydrogen-bond acceptors (Lipinski definition) is 4. The minimum Gasteiger partial charge on any atom is -0.348 e. The Morgan fingerprint density at radius 3 is 2.72 bits per heavy atom. The largest absolute Gasteiger partial charge is 0.348 e. The molecule has 5 rings (SSSR count). The Morgan fingerprint density at radius 1 is 1.12 bits per heavy atom. The second kappa shape index (κ2) is 8.37. The summed E-state index contributed by atoms with van der Waals surface area (Å²) in [7, 11) is 1.83. The summed E-state index contributed by atoms with van der Waals surface area (Å²) in [5.41, 5.74) is 3.46. The van der Waals surface area contributed by atoms with Gasteiger partial charge < -0.3 is 5.32 Å². The van der Waals surface area contributed by atoms with Gasteiger partial charge in [0.2, 0.25) is 0 Å². The molecule has 1 N–H and O–H groups in total. The van der Waals surface area contributed by atoms with Crippen molar-refractivity contribution in [2.45, 2.75) is 64.1 Å². The van der Waals surface area contributed by atoms with Crippen molar-refractivity contribution in [1.82, 2.24) is 29.4 Å². The molecule has 9 heteroatoms.